The zero-order valence-corrected chi connectivity index (χ0v) is 10.9. The van der Waals surface area contributed by atoms with E-state index >= 15 is 0 Å². The number of hydrogen-bond acceptors (Lipinski definition) is 3. The van der Waals surface area contributed by atoms with Gasteiger partial charge in [-0.2, -0.15) is 0 Å². The van der Waals surface area contributed by atoms with Crippen molar-refractivity contribution in [3.63, 3.8) is 0 Å². The lowest BCUT2D eigenvalue weighted by Crippen LogP contribution is -2.17. The van der Waals surface area contributed by atoms with Gasteiger partial charge in [0.1, 0.15) is 0 Å². The molecule has 0 aliphatic heterocycles. The van der Waals surface area contributed by atoms with Crippen LogP contribution in [0.5, 0.6) is 0 Å². The van der Waals surface area contributed by atoms with E-state index in [1.165, 1.54) is 11.1 Å². The maximum Gasteiger partial charge on any atom is 0.0372 e. The third kappa shape index (κ3) is 3.37. The number of hydrogen-bond donors (Lipinski definition) is 1. The number of pyridine rings is 2. The minimum atomic E-state index is 0.353. The molecule has 1 N–H and O–H groups in total. The molecule has 2 heterocycles. The Labute approximate surface area is 108 Å². The highest BCUT2D eigenvalue weighted by Crippen LogP contribution is 2.18. The summed E-state index contributed by atoms with van der Waals surface area (Å²) in [7, 11) is 2.00. The average molecular weight is 241 g/mol. The molecule has 0 aliphatic rings. The molecule has 0 amide bonds. The molecule has 0 spiro atoms. The molecular formula is C15H19N3. The topological polar surface area (TPSA) is 37.8 Å². The Kier molecular flexibility index (Phi) is 4.42. The SMILES string of the molecule is CNC(CCc1ccncc1)c1ccc(C)nc1. The highest BCUT2D eigenvalue weighted by Gasteiger charge is 2.09. The molecule has 0 bridgehead atoms. The van der Waals surface area contributed by atoms with Gasteiger partial charge in [-0.05, 0) is 56.1 Å². The smallest absolute Gasteiger partial charge is 0.0372 e. The van der Waals surface area contributed by atoms with E-state index in [1.807, 2.05) is 32.6 Å². The average Bonchev–Trinajstić information content (AvgIpc) is 2.42. The summed E-state index contributed by atoms with van der Waals surface area (Å²) in [6, 6.07) is 8.70. The number of nitrogens with one attached hydrogen (secondary N) is 1. The number of aromatic nitrogens is 2. The lowest BCUT2D eigenvalue weighted by Gasteiger charge is -2.16. The number of nitrogens with zero attached hydrogens (tertiary/aromatic N) is 2. The van der Waals surface area contributed by atoms with Crippen LogP contribution in [0.25, 0.3) is 0 Å². The van der Waals surface area contributed by atoms with Crippen molar-refractivity contribution in [1.82, 2.24) is 15.3 Å². The lowest BCUT2D eigenvalue weighted by molar-refractivity contribution is 0.547. The third-order valence-corrected chi connectivity index (χ3v) is 3.16. The van der Waals surface area contributed by atoms with E-state index in [1.54, 1.807) is 0 Å². The zero-order chi connectivity index (χ0) is 12.8. The van der Waals surface area contributed by atoms with Gasteiger partial charge in [0, 0.05) is 30.3 Å². The molecule has 2 aromatic rings. The van der Waals surface area contributed by atoms with Gasteiger partial charge in [0.15, 0.2) is 0 Å². The van der Waals surface area contributed by atoms with Crippen LogP contribution in [0.1, 0.15) is 29.3 Å². The highest BCUT2D eigenvalue weighted by atomic mass is 14.9. The van der Waals surface area contributed by atoms with Gasteiger partial charge in [-0.15, -0.1) is 0 Å². The molecule has 0 radical (unpaired) electrons. The summed E-state index contributed by atoms with van der Waals surface area (Å²) in [4.78, 5) is 8.39. The maximum absolute atomic E-state index is 4.35. The molecule has 1 unspecified atom stereocenters. The first-order valence-corrected chi connectivity index (χ1v) is 6.28. The summed E-state index contributed by atoms with van der Waals surface area (Å²) in [5.74, 6) is 0. The molecule has 0 aromatic carbocycles. The van der Waals surface area contributed by atoms with E-state index in [9.17, 15) is 0 Å². The second-order valence-corrected chi connectivity index (χ2v) is 4.47. The molecule has 94 valence electrons. The van der Waals surface area contributed by atoms with Crippen LogP contribution >= 0.6 is 0 Å². The normalized spacial score (nSPS) is 12.3. The van der Waals surface area contributed by atoms with Crippen LogP contribution < -0.4 is 5.32 Å². The van der Waals surface area contributed by atoms with E-state index in [4.69, 9.17) is 0 Å². The zero-order valence-electron chi connectivity index (χ0n) is 10.9. The third-order valence-electron chi connectivity index (χ3n) is 3.16. The first kappa shape index (κ1) is 12.7. The molecule has 0 saturated heterocycles. The number of rotatable bonds is 5. The fourth-order valence-corrected chi connectivity index (χ4v) is 2.02. The number of aryl methyl sites for hydroxylation is 2. The maximum atomic E-state index is 4.35. The summed E-state index contributed by atoms with van der Waals surface area (Å²) >= 11 is 0. The van der Waals surface area contributed by atoms with Crippen molar-refractivity contribution in [2.24, 2.45) is 0 Å². The van der Waals surface area contributed by atoms with Crippen LogP contribution in [0.3, 0.4) is 0 Å². The molecule has 18 heavy (non-hydrogen) atoms. The van der Waals surface area contributed by atoms with Crippen LogP contribution in [0.2, 0.25) is 0 Å². The molecule has 3 nitrogen and oxygen atoms in total. The fraction of sp³-hybridized carbons (Fsp3) is 0.333. The Balaban J connectivity index is 1.99. The Morgan fingerprint density at radius 1 is 1.17 bits per heavy atom. The molecule has 2 rings (SSSR count). The highest BCUT2D eigenvalue weighted by molar-refractivity contribution is 5.18. The summed E-state index contributed by atoms with van der Waals surface area (Å²) < 4.78 is 0. The van der Waals surface area contributed by atoms with Gasteiger partial charge in [-0.1, -0.05) is 6.07 Å². The van der Waals surface area contributed by atoms with E-state index in [-0.39, 0.29) is 0 Å². The van der Waals surface area contributed by atoms with Crippen LogP contribution in [-0.2, 0) is 6.42 Å². The van der Waals surface area contributed by atoms with E-state index in [2.05, 4.69) is 39.6 Å². The van der Waals surface area contributed by atoms with Gasteiger partial charge >= 0.3 is 0 Å². The van der Waals surface area contributed by atoms with E-state index < -0.39 is 0 Å². The van der Waals surface area contributed by atoms with Gasteiger partial charge < -0.3 is 5.32 Å². The van der Waals surface area contributed by atoms with Crippen molar-refractivity contribution in [1.29, 1.82) is 0 Å². The van der Waals surface area contributed by atoms with Gasteiger partial charge in [-0.3, -0.25) is 9.97 Å². The van der Waals surface area contributed by atoms with Gasteiger partial charge in [0.25, 0.3) is 0 Å². The second-order valence-electron chi connectivity index (χ2n) is 4.47. The summed E-state index contributed by atoms with van der Waals surface area (Å²) in [6.45, 7) is 2.01. The minimum Gasteiger partial charge on any atom is -0.313 e. The largest absolute Gasteiger partial charge is 0.313 e. The Bertz CT molecular complexity index is 465. The van der Waals surface area contributed by atoms with Crippen LogP contribution in [-0.4, -0.2) is 17.0 Å². The lowest BCUT2D eigenvalue weighted by atomic mass is 10.0. The molecule has 3 heteroatoms. The van der Waals surface area contributed by atoms with Crippen LogP contribution in [0, 0.1) is 6.92 Å². The molecule has 0 fully saturated rings. The summed E-state index contributed by atoms with van der Waals surface area (Å²) in [5.41, 5.74) is 3.63. The van der Waals surface area contributed by atoms with Gasteiger partial charge in [-0.25, -0.2) is 0 Å². The van der Waals surface area contributed by atoms with Crippen molar-refractivity contribution in [2.45, 2.75) is 25.8 Å². The molecule has 0 aliphatic carbocycles. The first-order valence-electron chi connectivity index (χ1n) is 6.28. The predicted molar refractivity (Wildman–Crippen MR) is 73.3 cm³/mol. The van der Waals surface area contributed by atoms with E-state index in [0.29, 0.717) is 6.04 Å². The Morgan fingerprint density at radius 3 is 2.56 bits per heavy atom. The summed E-state index contributed by atoms with van der Waals surface area (Å²) in [6.07, 6.45) is 7.75. The van der Waals surface area contributed by atoms with Gasteiger partial charge in [0.05, 0.1) is 0 Å². The van der Waals surface area contributed by atoms with Crippen molar-refractivity contribution < 1.29 is 0 Å². The standard InChI is InChI=1S/C15H19N3/c1-12-3-5-14(11-18-12)15(16-2)6-4-13-7-9-17-10-8-13/h3,5,7-11,15-16H,4,6H2,1-2H3. The van der Waals surface area contributed by atoms with Crippen molar-refractivity contribution in [3.05, 3.63) is 59.7 Å². The Morgan fingerprint density at radius 2 is 1.94 bits per heavy atom. The monoisotopic (exact) mass is 241 g/mol. The van der Waals surface area contributed by atoms with Crippen molar-refractivity contribution in [2.75, 3.05) is 7.05 Å². The first-order chi connectivity index (χ1) is 8.79. The molecule has 0 saturated carbocycles. The van der Waals surface area contributed by atoms with Crippen LogP contribution in [0.15, 0.2) is 42.9 Å². The van der Waals surface area contributed by atoms with Gasteiger partial charge in [0.2, 0.25) is 0 Å². The minimum absolute atomic E-state index is 0.353. The molecule has 1 atom stereocenters. The second kappa shape index (κ2) is 6.26. The van der Waals surface area contributed by atoms with Crippen molar-refractivity contribution in [3.8, 4) is 0 Å². The predicted octanol–water partition coefficient (Wildman–Crippen LogP) is 2.68. The molecule has 2 aromatic heterocycles. The Hall–Kier alpha value is -1.74. The van der Waals surface area contributed by atoms with E-state index in [0.717, 1.165) is 18.5 Å². The summed E-state index contributed by atoms with van der Waals surface area (Å²) in [5, 5.41) is 3.35. The molecular weight excluding hydrogens is 222 g/mol. The quantitative estimate of drug-likeness (QED) is 0.874. The van der Waals surface area contributed by atoms with Crippen molar-refractivity contribution >= 4 is 0 Å². The fourth-order valence-electron chi connectivity index (χ4n) is 2.02. The van der Waals surface area contributed by atoms with Crippen LogP contribution in [0.4, 0.5) is 0 Å².